The van der Waals surface area contributed by atoms with Crippen LogP contribution in [0.4, 0.5) is 0 Å². The van der Waals surface area contributed by atoms with E-state index >= 15 is 0 Å². The third-order valence-electron chi connectivity index (χ3n) is 1.84. The van der Waals surface area contributed by atoms with E-state index < -0.39 is 0 Å². The van der Waals surface area contributed by atoms with Gasteiger partial charge in [-0.15, -0.1) is 0 Å². The second-order valence-corrected chi connectivity index (χ2v) is 2.95. The molecule has 0 bridgehead atoms. The van der Waals surface area contributed by atoms with E-state index in [-0.39, 0.29) is 5.78 Å². The third kappa shape index (κ3) is 1.42. The average molecular weight is 175 g/mol. The van der Waals surface area contributed by atoms with Crippen molar-refractivity contribution < 1.29 is 4.79 Å². The first-order valence-electron chi connectivity index (χ1n) is 4.03. The molecule has 0 saturated carbocycles. The molecule has 0 radical (unpaired) electrons. The molecule has 13 heavy (non-hydrogen) atoms. The number of hydrogen-bond acceptors (Lipinski definition) is 3. The lowest BCUT2D eigenvalue weighted by Crippen LogP contribution is -1.95. The number of carbonyl (C=O) groups excluding carboxylic acids is 1. The third-order valence-corrected chi connectivity index (χ3v) is 1.84. The Balaban J connectivity index is 2.51. The van der Waals surface area contributed by atoms with Crippen LogP contribution in [-0.4, -0.2) is 20.4 Å². The molecule has 2 aromatic rings. The molecule has 0 saturated heterocycles. The van der Waals surface area contributed by atoms with Gasteiger partial charge in [0.2, 0.25) is 0 Å². The second kappa shape index (κ2) is 2.97. The highest BCUT2D eigenvalue weighted by Gasteiger charge is 2.04. The fraction of sp³-hybridized carbons (Fsp3) is 0.222. The molecule has 4 nitrogen and oxygen atoms in total. The maximum Gasteiger partial charge on any atom is 0.134 e. The molecule has 2 aromatic heterocycles. The van der Waals surface area contributed by atoms with Crippen LogP contribution in [0.1, 0.15) is 12.5 Å². The van der Waals surface area contributed by atoms with Gasteiger partial charge >= 0.3 is 0 Å². The quantitative estimate of drug-likeness (QED) is 0.680. The van der Waals surface area contributed by atoms with Crippen LogP contribution >= 0.6 is 0 Å². The van der Waals surface area contributed by atoms with Crippen LogP contribution in [0.3, 0.4) is 0 Å². The lowest BCUT2D eigenvalue weighted by Gasteiger charge is -1.93. The summed E-state index contributed by atoms with van der Waals surface area (Å²) in [5, 5.41) is 4.10. The Kier molecular flexibility index (Phi) is 1.81. The van der Waals surface area contributed by atoms with Gasteiger partial charge in [-0.1, -0.05) is 0 Å². The van der Waals surface area contributed by atoms with Crippen LogP contribution in [0.15, 0.2) is 24.8 Å². The van der Waals surface area contributed by atoms with Crippen LogP contribution in [-0.2, 0) is 11.2 Å². The number of nitrogens with zero attached hydrogens (tertiary/aromatic N) is 3. The smallest absolute Gasteiger partial charge is 0.134 e. The van der Waals surface area contributed by atoms with Crippen LogP contribution in [0.25, 0.3) is 5.52 Å². The minimum absolute atomic E-state index is 0.138. The van der Waals surface area contributed by atoms with Gasteiger partial charge in [0, 0.05) is 24.4 Å². The Hall–Kier alpha value is -1.71. The van der Waals surface area contributed by atoms with E-state index in [9.17, 15) is 4.79 Å². The molecule has 0 aliphatic rings. The standard InChI is InChI=1S/C9H9N3O/c1-7(13)4-8-5-11-12-3-2-10-6-9(8)12/h2-3,5-6H,4H2,1H3. The maximum absolute atomic E-state index is 10.9. The zero-order valence-electron chi connectivity index (χ0n) is 7.27. The monoisotopic (exact) mass is 175 g/mol. The molecule has 0 aromatic carbocycles. The second-order valence-electron chi connectivity index (χ2n) is 2.95. The lowest BCUT2D eigenvalue weighted by atomic mass is 10.2. The number of aromatic nitrogens is 3. The van der Waals surface area contributed by atoms with E-state index in [0.717, 1.165) is 11.1 Å². The number of ketones is 1. The van der Waals surface area contributed by atoms with Gasteiger partial charge in [-0.25, -0.2) is 4.52 Å². The van der Waals surface area contributed by atoms with E-state index in [1.165, 1.54) is 0 Å². The van der Waals surface area contributed by atoms with Crippen molar-refractivity contribution in [2.45, 2.75) is 13.3 Å². The molecule has 0 fully saturated rings. The Morgan fingerprint density at radius 3 is 3.15 bits per heavy atom. The van der Waals surface area contributed by atoms with E-state index in [1.807, 2.05) is 0 Å². The number of Topliss-reactive ketones (excluding diaryl/α,β-unsaturated/α-hetero) is 1. The molecule has 0 amide bonds. The highest BCUT2D eigenvalue weighted by atomic mass is 16.1. The maximum atomic E-state index is 10.9. The molecule has 4 heteroatoms. The van der Waals surface area contributed by atoms with Crippen molar-refractivity contribution in [3.63, 3.8) is 0 Å². The molecule has 66 valence electrons. The molecule has 0 spiro atoms. The minimum Gasteiger partial charge on any atom is -0.300 e. The van der Waals surface area contributed by atoms with Crippen LogP contribution in [0, 0.1) is 0 Å². The summed E-state index contributed by atoms with van der Waals surface area (Å²) in [6.07, 6.45) is 7.27. The van der Waals surface area contributed by atoms with Gasteiger partial charge in [-0.05, 0) is 6.92 Å². The highest BCUT2D eigenvalue weighted by molar-refractivity contribution is 5.80. The van der Waals surface area contributed by atoms with Crippen LogP contribution in [0.2, 0.25) is 0 Å². The summed E-state index contributed by atoms with van der Waals surface area (Å²) in [6.45, 7) is 1.57. The van der Waals surface area contributed by atoms with E-state index in [4.69, 9.17) is 0 Å². The van der Waals surface area contributed by atoms with E-state index in [0.29, 0.717) is 6.42 Å². The van der Waals surface area contributed by atoms with Crippen LogP contribution < -0.4 is 0 Å². The molecule has 0 atom stereocenters. The van der Waals surface area contributed by atoms with Crippen molar-refractivity contribution in [1.82, 2.24) is 14.6 Å². The fourth-order valence-electron chi connectivity index (χ4n) is 1.29. The van der Waals surface area contributed by atoms with Crippen LogP contribution in [0.5, 0.6) is 0 Å². The molecule has 0 N–H and O–H groups in total. The molecular weight excluding hydrogens is 166 g/mol. The molecule has 2 rings (SSSR count). The Bertz CT molecular complexity index is 447. The van der Waals surface area contributed by atoms with Gasteiger partial charge in [-0.3, -0.25) is 9.78 Å². The molecular formula is C9H9N3O. The predicted molar refractivity (Wildman–Crippen MR) is 47.4 cm³/mol. The Labute approximate surface area is 75.2 Å². The number of fused-ring (bicyclic) bond motifs is 1. The molecule has 2 heterocycles. The number of carbonyl (C=O) groups is 1. The van der Waals surface area contributed by atoms with Crippen molar-refractivity contribution in [2.75, 3.05) is 0 Å². The van der Waals surface area contributed by atoms with Crippen molar-refractivity contribution in [3.8, 4) is 0 Å². The summed E-state index contributed by atoms with van der Waals surface area (Å²) >= 11 is 0. The van der Waals surface area contributed by atoms with E-state index in [1.54, 1.807) is 36.2 Å². The van der Waals surface area contributed by atoms with Gasteiger partial charge in [0.15, 0.2) is 0 Å². The average Bonchev–Trinajstić information content (AvgIpc) is 2.48. The highest BCUT2D eigenvalue weighted by Crippen LogP contribution is 2.09. The Morgan fingerprint density at radius 2 is 2.38 bits per heavy atom. The van der Waals surface area contributed by atoms with Crippen molar-refractivity contribution in [3.05, 3.63) is 30.4 Å². The summed E-state index contributed by atoms with van der Waals surface area (Å²) in [7, 11) is 0. The summed E-state index contributed by atoms with van der Waals surface area (Å²) in [6, 6.07) is 0. The Morgan fingerprint density at radius 1 is 1.54 bits per heavy atom. The lowest BCUT2D eigenvalue weighted by molar-refractivity contribution is -0.116. The SMILES string of the molecule is CC(=O)Cc1cnn2ccncc12. The van der Waals surface area contributed by atoms with Crippen molar-refractivity contribution in [1.29, 1.82) is 0 Å². The van der Waals surface area contributed by atoms with E-state index in [2.05, 4.69) is 10.1 Å². The zero-order valence-corrected chi connectivity index (χ0v) is 7.27. The van der Waals surface area contributed by atoms with Crippen molar-refractivity contribution >= 4 is 11.3 Å². The zero-order chi connectivity index (χ0) is 9.26. The van der Waals surface area contributed by atoms with Gasteiger partial charge in [0.05, 0.1) is 17.9 Å². The predicted octanol–water partition coefficient (Wildman–Crippen LogP) is 0.861. The summed E-state index contributed by atoms with van der Waals surface area (Å²) in [4.78, 5) is 14.9. The largest absolute Gasteiger partial charge is 0.300 e. The first kappa shape index (κ1) is 7.91. The topological polar surface area (TPSA) is 47.3 Å². The molecule has 0 aliphatic heterocycles. The summed E-state index contributed by atoms with van der Waals surface area (Å²) in [5.41, 5.74) is 1.83. The first-order chi connectivity index (χ1) is 6.27. The van der Waals surface area contributed by atoms with Gasteiger partial charge in [0.25, 0.3) is 0 Å². The number of hydrogen-bond donors (Lipinski definition) is 0. The minimum atomic E-state index is 0.138. The first-order valence-corrected chi connectivity index (χ1v) is 4.03. The van der Waals surface area contributed by atoms with Gasteiger partial charge in [-0.2, -0.15) is 5.10 Å². The fourth-order valence-corrected chi connectivity index (χ4v) is 1.29. The van der Waals surface area contributed by atoms with Crippen molar-refractivity contribution in [2.24, 2.45) is 0 Å². The van der Waals surface area contributed by atoms with Gasteiger partial charge < -0.3 is 0 Å². The summed E-state index contributed by atoms with van der Waals surface area (Å²) in [5.74, 6) is 0.138. The molecule has 0 unspecified atom stereocenters. The summed E-state index contributed by atoms with van der Waals surface area (Å²) < 4.78 is 1.71. The van der Waals surface area contributed by atoms with Gasteiger partial charge in [0.1, 0.15) is 5.78 Å². The number of rotatable bonds is 2. The normalized spacial score (nSPS) is 10.5. The molecule has 0 aliphatic carbocycles.